The van der Waals surface area contributed by atoms with E-state index in [0.29, 0.717) is 6.54 Å². The zero-order valence-electron chi connectivity index (χ0n) is 8.00. The van der Waals surface area contributed by atoms with E-state index in [1.807, 2.05) is 6.08 Å². The van der Waals surface area contributed by atoms with E-state index in [1.165, 1.54) is 7.11 Å². The van der Waals surface area contributed by atoms with Crippen LogP contribution in [-0.4, -0.2) is 42.3 Å². The number of alkyl halides is 1. The Morgan fingerprint density at radius 3 is 3.00 bits per heavy atom. The number of aliphatic hydroxyl groups excluding tert-OH is 1. The van der Waals surface area contributed by atoms with Gasteiger partial charge in [0.15, 0.2) is 0 Å². The summed E-state index contributed by atoms with van der Waals surface area (Å²) < 4.78 is 4.68. The smallest absolute Gasteiger partial charge is 0.330 e. The maximum Gasteiger partial charge on any atom is 0.330 e. The van der Waals surface area contributed by atoms with E-state index in [9.17, 15) is 9.90 Å². The first-order valence-electron chi connectivity index (χ1n) is 4.40. The normalized spacial score (nSPS) is 27.6. The molecule has 0 radical (unpaired) electrons. The molecule has 0 saturated heterocycles. The van der Waals surface area contributed by atoms with Gasteiger partial charge in [0.05, 0.1) is 13.2 Å². The third kappa shape index (κ3) is 2.26. The van der Waals surface area contributed by atoms with E-state index in [-0.39, 0.29) is 12.3 Å². The second-order valence-electron chi connectivity index (χ2n) is 3.26. The van der Waals surface area contributed by atoms with Crippen LogP contribution in [0.15, 0.2) is 12.2 Å². The Balaban J connectivity index is 2.72. The fraction of sp³-hybridized carbons (Fsp3) is 0.667. The van der Waals surface area contributed by atoms with Crippen molar-refractivity contribution >= 4 is 17.6 Å². The Labute approximate surface area is 87.9 Å². The molecular weight excluding hydrogens is 206 g/mol. The first-order valence-corrected chi connectivity index (χ1v) is 4.93. The topological polar surface area (TPSA) is 58.6 Å². The van der Waals surface area contributed by atoms with Crippen molar-refractivity contribution in [3.63, 3.8) is 0 Å². The number of carbonyl (C=O) groups excluding carboxylic acids is 1. The van der Waals surface area contributed by atoms with Gasteiger partial charge in [-0.3, -0.25) is 5.32 Å². The summed E-state index contributed by atoms with van der Waals surface area (Å²) in [5, 5.41) is 12.4. The molecule has 0 aromatic carbocycles. The van der Waals surface area contributed by atoms with Crippen LogP contribution < -0.4 is 5.32 Å². The molecule has 1 unspecified atom stereocenters. The minimum Gasteiger partial charge on any atom is -0.467 e. The van der Waals surface area contributed by atoms with Crippen LogP contribution >= 0.6 is 11.6 Å². The van der Waals surface area contributed by atoms with Crippen molar-refractivity contribution in [2.45, 2.75) is 18.1 Å². The number of nitrogens with one attached hydrogen (secondary N) is 1. The fourth-order valence-corrected chi connectivity index (χ4v) is 1.64. The number of esters is 1. The van der Waals surface area contributed by atoms with Crippen molar-refractivity contribution < 1.29 is 14.6 Å². The van der Waals surface area contributed by atoms with Gasteiger partial charge < -0.3 is 9.84 Å². The third-order valence-electron chi connectivity index (χ3n) is 2.22. The molecule has 0 spiro atoms. The Bertz CT molecular complexity index is 244. The van der Waals surface area contributed by atoms with Gasteiger partial charge in [0.1, 0.15) is 5.54 Å². The largest absolute Gasteiger partial charge is 0.467 e. The Hall–Kier alpha value is -0.580. The lowest BCUT2D eigenvalue weighted by Crippen LogP contribution is -2.50. The monoisotopic (exact) mass is 219 g/mol. The minimum absolute atomic E-state index is 0.105. The van der Waals surface area contributed by atoms with E-state index in [2.05, 4.69) is 10.1 Å². The predicted molar refractivity (Wildman–Crippen MR) is 53.2 cm³/mol. The molecule has 0 fully saturated rings. The van der Waals surface area contributed by atoms with E-state index >= 15 is 0 Å². The SMILES string of the molecule is COC(=O)C1(C[C@H](O)CCl)C=CCN1. The van der Waals surface area contributed by atoms with Crippen molar-refractivity contribution in [2.24, 2.45) is 0 Å². The molecule has 2 N–H and O–H groups in total. The standard InChI is InChI=1S/C9H14ClNO3/c1-14-8(13)9(3-2-4-11-9)5-7(12)6-10/h2-3,7,11-12H,4-6H2,1H3/t7-,9?/m0/s1. The second kappa shape index (κ2) is 4.77. The third-order valence-corrected chi connectivity index (χ3v) is 2.58. The van der Waals surface area contributed by atoms with Crippen LogP contribution in [-0.2, 0) is 9.53 Å². The van der Waals surface area contributed by atoms with Crippen LogP contribution in [0.1, 0.15) is 6.42 Å². The van der Waals surface area contributed by atoms with Gasteiger partial charge in [0.2, 0.25) is 0 Å². The maximum atomic E-state index is 11.5. The van der Waals surface area contributed by atoms with Crippen molar-refractivity contribution in [3.05, 3.63) is 12.2 Å². The molecule has 1 heterocycles. The fourth-order valence-electron chi connectivity index (χ4n) is 1.53. The van der Waals surface area contributed by atoms with Crippen LogP contribution in [0.5, 0.6) is 0 Å². The highest BCUT2D eigenvalue weighted by Crippen LogP contribution is 2.21. The molecule has 0 saturated carbocycles. The molecule has 0 aromatic heterocycles. The van der Waals surface area contributed by atoms with Crippen molar-refractivity contribution in [2.75, 3.05) is 19.5 Å². The highest BCUT2D eigenvalue weighted by Gasteiger charge is 2.40. The summed E-state index contributed by atoms with van der Waals surface area (Å²) in [6.45, 7) is 0.601. The van der Waals surface area contributed by atoms with Crippen LogP contribution in [0.3, 0.4) is 0 Å². The molecule has 80 valence electrons. The molecule has 0 amide bonds. The van der Waals surface area contributed by atoms with E-state index < -0.39 is 17.6 Å². The molecule has 2 atom stereocenters. The Morgan fingerprint density at radius 1 is 1.86 bits per heavy atom. The van der Waals surface area contributed by atoms with Gasteiger partial charge in [-0.05, 0) is 0 Å². The van der Waals surface area contributed by atoms with Crippen LogP contribution in [0, 0.1) is 0 Å². The van der Waals surface area contributed by atoms with Gasteiger partial charge in [-0.1, -0.05) is 12.2 Å². The predicted octanol–water partition coefficient (Wildman–Crippen LogP) is 0.0474. The summed E-state index contributed by atoms with van der Waals surface area (Å²) in [6.07, 6.45) is 3.07. The summed E-state index contributed by atoms with van der Waals surface area (Å²) in [6, 6.07) is 0. The number of methoxy groups -OCH3 is 1. The lowest BCUT2D eigenvalue weighted by Gasteiger charge is -2.26. The first kappa shape index (κ1) is 11.5. The number of ether oxygens (including phenoxy) is 1. The van der Waals surface area contributed by atoms with E-state index in [0.717, 1.165) is 0 Å². The summed E-state index contributed by atoms with van der Waals surface area (Å²) in [4.78, 5) is 11.5. The quantitative estimate of drug-likeness (QED) is 0.399. The minimum atomic E-state index is -0.900. The molecule has 0 aliphatic carbocycles. The molecular formula is C9H14ClNO3. The number of hydrogen-bond donors (Lipinski definition) is 2. The molecule has 1 rings (SSSR count). The number of carbonyl (C=O) groups is 1. The average Bonchev–Trinajstić information content (AvgIpc) is 2.66. The van der Waals surface area contributed by atoms with E-state index in [4.69, 9.17) is 11.6 Å². The van der Waals surface area contributed by atoms with Crippen LogP contribution in [0.25, 0.3) is 0 Å². The zero-order valence-corrected chi connectivity index (χ0v) is 8.75. The summed E-state index contributed by atoms with van der Waals surface area (Å²) in [5.74, 6) is -0.288. The summed E-state index contributed by atoms with van der Waals surface area (Å²) in [7, 11) is 1.32. The molecule has 1 aliphatic rings. The molecule has 14 heavy (non-hydrogen) atoms. The average molecular weight is 220 g/mol. The molecule has 1 aliphatic heterocycles. The maximum absolute atomic E-state index is 11.5. The molecule has 5 heteroatoms. The molecule has 0 aromatic rings. The van der Waals surface area contributed by atoms with Crippen LogP contribution in [0.2, 0.25) is 0 Å². The van der Waals surface area contributed by atoms with Gasteiger partial charge in [-0.2, -0.15) is 0 Å². The summed E-state index contributed by atoms with van der Waals surface area (Å²) in [5.41, 5.74) is -0.900. The van der Waals surface area contributed by atoms with Crippen LogP contribution in [0.4, 0.5) is 0 Å². The highest BCUT2D eigenvalue weighted by atomic mass is 35.5. The number of halogens is 1. The number of rotatable bonds is 4. The second-order valence-corrected chi connectivity index (χ2v) is 3.57. The van der Waals surface area contributed by atoms with Gasteiger partial charge in [0, 0.05) is 18.8 Å². The van der Waals surface area contributed by atoms with Crippen molar-refractivity contribution in [1.82, 2.24) is 5.32 Å². The number of hydrogen-bond acceptors (Lipinski definition) is 4. The number of aliphatic hydroxyl groups is 1. The zero-order chi connectivity index (χ0) is 10.6. The molecule has 4 nitrogen and oxygen atoms in total. The van der Waals surface area contributed by atoms with Gasteiger partial charge in [-0.25, -0.2) is 4.79 Å². The van der Waals surface area contributed by atoms with Crippen molar-refractivity contribution in [1.29, 1.82) is 0 Å². The van der Waals surface area contributed by atoms with Crippen molar-refractivity contribution in [3.8, 4) is 0 Å². The molecule has 0 bridgehead atoms. The first-order chi connectivity index (χ1) is 6.64. The lowest BCUT2D eigenvalue weighted by atomic mass is 9.94. The lowest BCUT2D eigenvalue weighted by molar-refractivity contribution is -0.147. The van der Waals surface area contributed by atoms with Gasteiger partial charge in [0.25, 0.3) is 0 Å². The Morgan fingerprint density at radius 2 is 2.57 bits per heavy atom. The van der Waals surface area contributed by atoms with Gasteiger partial charge >= 0.3 is 5.97 Å². The van der Waals surface area contributed by atoms with E-state index in [1.54, 1.807) is 6.08 Å². The Kier molecular flexibility index (Phi) is 3.92. The van der Waals surface area contributed by atoms with Gasteiger partial charge in [-0.15, -0.1) is 11.6 Å². The highest BCUT2D eigenvalue weighted by molar-refractivity contribution is 6.18. The summed E-state index contributed by atoms with van der Waals surface area (Å²) >= 11 is 5.49.